The number of carbonyl (C=O) groups excluding carboxylic acids is 2. The van der Waals surface area contributed by atoms with Gasteiger partial charge in [-0.15, -0.1) is 0 Å². The number of H-pyrrole nitrogens is 1. The van der Waals surface area contributed by atoms with E-state index < -0.39 is 5.56 Å². The quantitative estimate of drug-likeness (QED) is 0.519. The molecule has 31 heavy (non-hydrogen) atoms. The molecule has 3 aromatic rings. The first-order valence-electron chi connectivity index (χ1n) is 10.4. The minimum atomic E-state index is -0.390. The van der Waals surface area contributed by atoms with Gasteiger partial charge in [-0.05, 0) is 53.5 Å². The molecule has 6 nitrogen and oxygen atoms in total. The zero-order chi connectivity index (χ0) is 21.8. The van der Waals surface area contributed by atoms with Crippen LogP contribution in [0.4, 0.5) is 5.69 Å². The van der Waals surface area contributed by atoms with E-state index in [2.05, 4.69) is 15.6 Å². The molecule has 0 atom stereocenters. The number of aromatic nitrogens is 1. The Morgan fingerprint density at radius 1 is 1.03 bits per heavy atom. The van der Waals surface area contributed by atoms with Crippen LogP contribution in [0.1, 0.15) is 45.7 Å². The first-order valence-corrected chi connectivity index (χ1v) is 11.8. The highest BCUT2D eigenvalue weighted by Gasteiger charge is 2.21. The number of thioether (sulfide) groups is 1. The Bertz CT molecular complexity index is 1180. The summed E-state index contributed by atoms with van der Waals surface area (Å²) in [5, 5.41) is 7.57. The van der Waals surface area contributed by atoms with Crippen LogP contribution in [-0.2, 0) is 5.75 Å². The molecule has 160 valence electrons. The molecule has 1 heterocycles. The van der Waals surface area contributed by atoms with Crippen molar-refractivity contribution in [3.63, 3.8) is 0 Å². The highest BCUT2D eigenvalue weighted by Crippen LogP contribution is 2.27. The molecule has 7 heteroatoms. The van der Waals surface area contributed by atoms with Crippen LogP contribution in [0.15, 0.2) is 53.3 Å². The van der Waals surface area contributed by atoms with Crippen molar-refractivity contribution in [2.24, 2.45) is 5.92 Å². The minimum absolute atomic E-state index is 0.0727. The van der Waals surface area contributed by atoms with E-state index in [0.717, 1.165) is 29.4 Å². The molecule has 1 aliphatic carbocycles. The summed E-state index contributed by atoms with van der Waals surface area (Å²) < 4.78 is 0. The van der Waals surface area contributed by atoms with Crippen LogP contribution in [0.5, 0.6) is 0 Å². The summed E-state index contributed by atoms with van der Waals surface area (Å²) in [6, 6.07) is 14.3. The third-order valence-corrected chi connectivity index (χ3v) is 6.33. The Labute approximate surface area is 184 Å². The zero-order valence-electron chi connectivity index (χ0n) is 17.4. The molecule has 2 aromatic carbocycles. The molecule has 4 rings (SSSR count). The number of fused-ring (bicyclic) bond motifs is 1. The topological polar surface area (TPSA) is 91.1 Å². The lowest BCUT2D eigenvalue weighted by molar-refractivity contribution is 0.0935. The number of benzene rings is 2. The Morgan fingerprint density at radius 3 is 2.52 bits per heavy atom. The average molecular weight is 436 g/mol. The van der Waals surface area contributed by atoms with Crippen LogP contribution in [-0.4, -0.2) is 29.6 Å². The Morgan fingerprint density at radius 2 is 1.81 bits per heavy atom. The number of carbonyl (C=O) groups is 2. The van der Waals surface area contributed by atoms with E-state index in [0.29, 0.717) is 18.0 Å². The van der Waals surface area contributed by atoms with Gasteiger partial charge in [0, 0.05) is 23.9 Å². The second-order valence-electron chi connectivity index (χ2n) is 7.82. The summed E-state index contributed by atoms with van der Waals surface area (Å²) in [5.41, 5.74) is 1.65. The number of rotatable bonds is 7. The van der Waals surface area contributed by atoms with E-state index in [1.54, 1.807) is 11.8 Å². The van der Waals surface area contributed by atoms with Crippen molar-refractivity contribution >= 4 is 40.0 Å². The summed E-state index contributed by atoms with van der Waals surface area (Å²) in [5.74, 6) is 0.629. The van der Waals surface area contributed by atoms with E-state index in [-0.39, 0.29) is 23.2 Å². The number of hydrogen-bond donors (Lipinski definition) is 3. The molecule has 3 N–H and O–H groups in total. The molecular weight excluding hydrogens is 410 g/mol. The second kappa shape index (κ2) is 9.39. The lowest BCUT2D eigenvalue weighted by atomic mass is 9.85. The van der Waals surface area contributed by atoms with Gasteiger partial charge >= 0.3 is 0 Å². The van der Waals surface area contributed by atoms with Gasteiger partial charge in [-0.1, -0.05) is 36.8 Å². The molecule has 0 saturated heterocycles. The second-order valence-corrected chi connectivity index (χ2v) is 8.69. The first kappa shape index (κ1) is 21.2. The van der Waals surface area contributed by atoms with Crippen molar-refractivity contribution < 1.29 is 9.59 Å². The molecule has 0 bridgehead atoms. The molecule has 0 radical (unpaired) electrons. The van der Waals surface area contributed by atoms with E-state index in [1.807, 2.05) is 42.7 Å². The number of amides is 2. The van der Waals surface area contributed by atoms with Crippen LogP contribution in [0.25, 0.3) is 10.8 Å². The van der Waals surface area contributed by atoms with Crippen molar-refractivity contribution in [2.45, 2.75) is 25.0 Å². The standard InChI is InChI=1S/C24H25N3O3S/c1-31-14-16-9-10-19(18-8-3-2-7-17(16)18)23(29)26-20-11-12-21(28)27-22(20)24(30)25-13-15-5-4-6-15/h2-3,7-12,15H,4-6,13-14H2,1H3,(H,25,30)(H,26,29)(H,27,28). The third-order valence-electron chi connectivity index (χ3n) is 5.73. The molecule has 1 aromatic heterocycles. The van der Waals surface area contributed by atoms with E-state index in [1.165, 1.54) is 24.1 Å². The summed E-state index contributed by atoms with van der Waals surface area (Å²) in [7, 11) is 0. The van der Waals surface area contributed by atoms with Gasteiger partial charge < -0.3 is 15.6 Å². The number of aromatic amines is 1. The van der Waals surface area contributed by atoms with Crippen LogP contribution in [0, 0.1) is 5.92 Å². The Kier molecular flexibility index (Phi) is 6.42. The fraction of sp³-hybridized carbons (Fsp3) is 0.292. The lowest BCUT2D eigenvalue weighted by Crippen LogP contribution is -2.34. The molecule has 2 amide bonds. The van der Waals surface area contributed by atoms with Gasteiger partial charge in [0.2, 0.25) is 5.56 Å². The number of anilines is 1. The normalized spacial score (nSPS) is 13.6. The van der Waals surface area contributed by atoms with Crippen molar-refractivity contribution in [1.82, 2.24) is 10.3 Å². The zero-order valence-corrected chi connectivity index (χ0v) is 18.2. The molecule has 0 spiro atoms. The van der Waals surface area contributed by atoms with Gasteiger partial charge in [0.25, 0.3) is 11.8 Å². The van der Waals surface area contributed by atoms with E-state index in [4.69, 9.17) is 0 Å². The molecule has 1 aliphatic rings. The highest BCUT2D eigenvalue weighted by molar-refractivity contribution is 7.97. The van der Waals surface area contributed by atoms with Gasteiger partial charge in [-0.25, -0.2) is 0 Å². The Balaban J connectivity index is 1.61. The molecule has 1 saturated carbocycles. The van der Waals surface area contributed by atoms with Crippen LogP contribution in [0.2, 0.25) is 0 Å². The molecule has 0 unspecified atom stereocenters. The van der Waals surface area contributed by atoms with E-state index >= 15 is 0 Å². The lowest BCUT2D eigenvalue weighted by Gasteiger charge is -2.25. The SMILES string of the molecule is CSCc1ccc(C(=O)Nc2ccc(=O)[nH]c2C(=O)NCC2CCC2)c2ccccc12. The maximum Gasteiger partial charge on any atom is 0.269 e. The van der Waals surface area contributed by atoms with Gasteiger partial charge in [-0.3, -0.25) is 14.4 Å². The average Bonchev–Trinajstić information content (AvgIpc) is 2.74. The number of pyridine rings is 1. The van der Waals surface area contributed by atoms with Crippen molar-refractivity contribution in [1.29, 1.82) is 0 Å². The fourth-order valence-corrected chi connectivity index (χ4v) is 4.37. The predicted molar refractivity (Wildman–Crippen MR) is 126 cm³/mol. The van der Waals surface area contributed by atoms with Crippen molar-refractivity contribution in [3.05, 3.63) is 75.7 Å². The smallest absolute Gasteiger partial charge is 0.269 e. The van der Waals surface area contributed by atoms with Gasteiger partial charge in [0.15, 0.2) is 0 Å². The molecule has 1 fully saturated rings. The molecular formula is C24H25N3O3S. The summed E-state index contributed by atoms with van der Waals surface area (Å²) in [6.45, 7) is 0.574. The third kappa shape index (κ3) is 4.66. The minimum Gasteiger partial charge on any atom is -0.350 e. The monoisotopic (exact) mass is 435 g/mol. The summed E-state index contributed by atoms with van der Waals surface area (Å²) >= 11 is 1.73. The summed E-state index contributed by atoms with van der Waals surface area (Å²) in [6.07, 6.45) is 5.44. The van der Waals surface area contributed by atoms with Gasteiger partial charge in [0.1, 0.15) is 5.69 Å². The van der Waals surface area contributed by atoms with Crippen molar-refractivity contribution in [3.8, 4) is 0 Å². The maximum atomic E-state index is 13.1. The van der Waals surface area contributed by atoms with Crippen LogP contribution in [0.3, 0.4) is 0 Å². The number of nitrogens with one attached hydrogen (secondary N) is 3. The maximum absolute atomic E-state index is 13.1. The van der Waals surface area contributed by atoms with Crippen molar-refractivity contribution in [2.75, 3.05) is 18.1 Å². The Hall–Kier alpha value is -3.06. The van der Waals surface area contributed by atoms with Gasteiger partial charge in [-0.2, -0.15) is 11.8 Å². The number of hydrogen-bond acceptors (Lipinski definition) is 4. The summed E-state index contributed by atoms with van der Waals surface area (Å²) in [4.78, 5) is 40.2. The highest BCUT2D eigenvalue weighted by atomic mass is 32.2. The van der Waals surface area contributed by atoms with Crippen LogP contribution < -0.4 is 16.2 Å². The van der Waals surface area contributed by atoms with Crippen LogP contribution >= 0.6 is 11.8 Å². The van der Waals surface area contributed by atoms with Gasteiger partial charge in [0.05, 0.1) is 5.69 Å². The largest absolute Gasteiger partial charge is 0.350 e. The first-order chi connectivity index (χ1) is 15.1. The molecule has 0 aliphatic heterocycles. The van der Waals surface area contributed by atoms with E-state index in [9.17, 15) is 14.4 Å². The predicted octanol–water partition coefficient (Wildman–Crippen LogP) is 4.17. The fourth-order valence-electron chi connectivity index (χ4n) is 3.81.